The molecular formula is C24H28N2O7. The Hall–Kier alpha value is -3.17. The molecule has 0 spiro atoms. The standard InChI is InChI=1S/C24H28N2O7/c1-10(2)8-26-9-11-3-4-15(27)18-14(11)6-12-5-13-7-16(28)19(23(25)32)22(31)24(13,33)21(30)17(12)20(18)29/h3-4,10,12-13,26-27,29,31,33H,5-9H2,1-2H3,(H2,25,32)/t12-,13+,24+/m1/s1. The average Bonchev–Trinajstić information content (AvgIpc) is 2.71. The predicted molar refractivity (Wildman–Crippen MR) is 118 cm³/mol. The van der Waals surface area contributed by atoms with Crippen molar-refractivity contribution < 1.29 is 34.8 Å². The van der Waals surface area contributed by atoms with Crippen molar-refractivity contribution in [2.45, 2.75) is 45.3 Å². The fraction of sp³-hybridized carbons (Fsp3) is 0.458. The number of ketones is 2. The maximum atomic E-state index is 13.4. The summed E-state index contributed by atoms with van der Waals surface area (Å²) in [5.74, 6) is -5.76. The van der Waals surface area contributed by atoms with Crippen molar-refractivity contribution in [2.75, 3.05) is 6.54 Å². The van der Waals surface area contributed by atoms with Gasteiger partial charge in [0, 0.05) is 24.5 Å². The van der Waals surface area contributed by atoms with Crippen LogP contribution in [0, 0.1) is 17.8 Å². The highest BCUT2D eigenvalue weighted by Crippen LogP contribution is 2.52. The zero-order chi connectivity index (χ0) is 24.2. The van der Waals surface area contributed by atoms with Crippen molar-refractivity contribution in [3.63, 3.8) is 0 Å². The van der Waals surface area contributed by atoms with E-state index in [0.29, 0.717) is 24.4 Å². The van der Waals surface area contributed by atoms with E-state index in [-0.39, 0.29) is 29.7 Å². The second kappa shape index (κ2) is 8.00. The number of phenols is 1. The SMILES string of the molecule is CC(C)CNCc1ccc(O)c2c1C[C@H]1C[C@H]3CC(=O)C(C(N)=O)=C(O)[C@@]3(O)C(=O)C1=C2O. The number of aliphatic hydroxyl groups excluding tert-OH is 2. The van der Waals surface area contributed by atoms with Crippen LogP contribution in [0.5, 0.6) is 5.75 Å². The highest BCUT2D eigenvalue weighted by atomic mass is 16.3. The molecule has 3 aliphatic rings. The Morgan fingerprint density at radius 3 is 2.55 bits per heavy atom. The number of carbonyl (C=O) groups is 3. The number of amides is 1. The Balaban J connectivity index is 1.82. The van der Waals surface area contributed by atoms with Gasteiger partial charge >= 0.3 is 0 Å². The maximum absolute atomic E-state index is 13.4. The molecule has 0 aromatic heterocycles. The summed E-state index contributed by atoms with van der Waals surface area (Å²) in [7, 11) is 0. The van der Waals surface area contributed by atoms with Crippen LogP contribution < -0.4 is 11.1 Å². The molecule has 0 radical (unpaired) electrons. The minimum atomic E-state index is -2.54. The topological polar surface area (TPSA) is 170 Å². The largest absolute Gasteiger partial charge is 0.508 e. The predicted octanol–water partition coefficient (Wildman–Crippen LogP) is 1.17. The molecule has 9 heteroatoms. The van der Waals surface area contributed by atoms with Crippen LogP contribution in [-0.4, -0.2) is 50.0 Å². The molecule has 0 unspecified atom stereocenters. The van der Waals surface area contributed by atoms with Gasteiger partial charge in [-0.25, -0.2) is 0 Å². The Bertz CT molecular complexity index is 1130. The van der Waals surface area contributed by atoms with Gasteiger partial charge in [0.15, 0.2) is 11.4 Å². The van der Waals surface area contributed by atoms with Crippen LogP contribution in [0.25, 0.3) is 5.76 Å². The number of benzene rings is 1. The first kappa shape index (κ1) is 23.0. The summed E-state index contributed by atoms with van der Waals surface area (Å²) in [4.78, 5) is 37.5. The molecule has 9 nitrogen and oxygen atoms in total. The molecule has 176 valence electrons. The van der Waals surface area contributed by atoms with Crippen LogP contribution in [0.15, 0.2) is 29.0 Å². The van der Waals surface area contributed by atoms with Crippen molar-refractivity contribution in [3.8, 4) is 5.75 Å². The Morgan fingerprint density at radius 2 is 1.91 bits per heavy atom. The summed E-state index contributed by atoms with van der Waals surface area (Å²) in [6.45, 7) is 5.43. The molecule has 3 aliphatic carbocycles. The molecule has 1 aromatic carbocycles. The number of fused-ring (bicyclic) bond motifs is 3. The third kappa shape index (κ3) is 3.43. The molecule has 0 saturated heterocycles. The molecule has 1 saturated carbocycles. The van der Waals surface area contributed by atoms with E-state index in [2.05, 4.69) is 19.2 Å². The van der Waals surface area contributed by atoms with Gasteiger partial charge in [0.25, 0.3) is 5.91 Å². The van der Waals surface area contributed by atoms with Crippen molar-refractivity contribution in [3.05, 3.63) is 45.7 Å². The number of hydrogen-bond donors (Lipinski definition) is 6. The van der Waals surface area contributed by atoms with Gasteiger partial charge in [0.05, 0.1) is 5.56 Å². The zero-order valence-electron chi connectivity index (χ0n) is 18.5. The Kier molecular flexibility index (Phi) is 5.58. The third-order valence-electron chi connectivity index (χ3n) is 6.91. The molecule has 1 amide bonds. The van der Waals surface area contributed by atoms with E-state index in [1.165, 1.54) is 6.07 Å². The number of primary amides is 1. The first-order valence-electron chi connectivity index (χ1n) is 11.0. The zero-order valence-corrected chi connectivity index (χ0v) is 18.5. The molecule has 0 heterocycles. The fourth-order valence-electron chi connectivity index (χ4n) is 5.35. The molecule has 0 aliphatic heterocycles. The number of aromatic hydroxyl groups is 1. The lowest BCUT2D eigenvalue weighted by Gasteiger charge is -2.46. The number of hydrogen-bond acceptors (Lipinski definition) is 8. The van der Waals surface area contributed by atoms with Crippen LogP contribution in [0.2, 0.25) is 0 Å². The molecule has 7 N–H and O–H groups in total. The normalized spacial score (nSPS) is 26.9. The molecule has 3 atom stereocenters. The number of carbonyl (C=O) groups excluding carboxylic acids is 3. The molecule has 1 aromatic rings. The van der Waals surface area contributed by atoms with E-state index < -0.39 is 52.0 Å². The van der Waals surface area contributed by atoms with Crippen LogP contribution in [-0.2, 0) is 27.3 Å². The van der Waals surface area contributed by atoms with E-state index in [9.17, 15) is 34.8 Å². The molecule has 1 fully saturated rings. The molecular weight excluding hydrogens is 428 g/mol. The van der Waals surface area contributed by atoms with E-state index in [1.807, 2.05) is 0 Å². The molecule has 0 bridgehead atoms. The van der Waals surface area contributed by atoms with E-state index in [1.54, 1.807) is 6.07 Å². The summed E-state index contributed by atoms with van der Waals surface area (Å²) in [5, 5.41) is 46.7. The minimum absolute atomic E-state index is 0.117. The van der Waals surface area contributed by atoms with E-state index in [4.69, 9.17) is 5.73 Å². The number of rotatable bonds is 5. The highest BCUT2D eigenvalue weighted by molar-refractivity contribution is 6.22. The average molecular weight is 456 g/mol. The smallest absolute Gasteiger partial charge is 0.255 e. The molecule has 4 rings (SSSR count). The summed E-state index contributed by atoms with van der Waals surface area (Å²) in [5.41, 5.74) is 3.40. The van der Waals surface area contributed by atoms with E-state index in [0.717, 1.165) is 12.1 Å². The van der Waals surface area contributed by atoms with Gasteiger partial charge in [-0.15, -0.1) is 0 Å². The fourth-order valence-corrected chi connectivity index (χ4v) is 5.35. The second-order valence-electron chi connectivity index (χ2n) is 9.53. The third-order valence-corrected chi connectivity index (χ3v) is 6.91. The van der Waals surface area contributed by atoms with Crippen LogP contribution >= 0.6 is 0 Å². The number of phenolic OH excluding ortho intramolecular Hbond substituents is 1. The Morgan fingerprint density at radius 1 is 1.21 bits per heavy atom. The molecule has 33 heavy (non-hydrogen) atoms. The van der Waals surface area contributed by atoms with Gasteiger partial charge in [-0.05, 0) is 48.4 Å². The highest BCUT2D eigenvalue weighted by Gasteiger charge is 2.60. The minimum Gasteiger partial charge on any atom is -0.508 e. The second-order valence-corrected chi connectivity index (χ2v) is 9.53. The lowest BCUT2D eigenvalue weighted by molar-refractivity contribution is -0.147. The Labute approximate surface area is 190 Å². The van der Waals surface area contributed by atoms with Gasteiger partial charge in [0.2, 0.25) is 5.78 Å². The van der Waals surface area contributed by atoms with Crippen LogP contribution in [0.3, 0.4) is 0 Å². The van der Waals surface area contributed by atoms with Gasteiger partial charge in [0.1, 0.15) is 22.8 Å². The first-order valence-corrected chi connectivity index (χ1v) is 11.0. The number of Topliss-reactive ketones (excluding diaryl/α,β-unsaturated/α-hetero) is 2. The van der Waals surface area contributed by atoms with Gasteiger partial charge in [-0.2, -0.15) is 0 Å². The van der Waals surface area contributed by atoms with Crippen molar-refractivity contribution in [1.82, 2.24) is 5.32 Å². The van der Waals surface area contributed by atoms with Gasteiger partial charge in [-0.1, -0.05) is 19.9 Å². The first-order chi connectivity index (χ1) is 15.5. The van der Waals surface area contributed by atoms with E-state index >= 15 is 0 Å². The summed E-state index contributed by atoms with van der Waals surface area (Å²) < 4.78 is 0. The number of aliphatic hydroxyl groups is 3. The number of nitrogens with one attached hydrogen (secondary N) is 1. The number of nitrogens with two attached hydrogens (primary N) is 1. The van der Waals surface area contributed by atoms with Crippen LogP contribution in [0.1, 0.15) is 43.4 Å². The quantitative estimate of drug-likeness (QED) is 0.359. The summed E-state index contributed by atoms with van der Waals surface area (Å²) >= 11 is 0. The van der Waals surface area contributed by atoms with Gasteiger partial charge in [-0.3, -0.25) is 14.4 Å². The monoisotopic (exact) mass is 456 g/mol. The van der Waals surface area contributed by atoms with Crippen molar-refractivity contribution in [1.29, 1.82) is 0 Å². The summed E-state index contributed by atoms with van der Waals surface area (Å²) in [6.07, 6.45) is 0.101. The lowest BCUT2D eigenvalue weighted by Crippen LogP contribution is -2.58. The maximum Gasteiger partial charge on any atom is 0.255 e. The van der Waals surface area contributed by atoms with Crippen LogP contribution in [0.4, 0.5) is 0 Å². The lowest BCUT2D eigenvalue weighted by atomic mass is 9.59. The van der Waals surface area contributed by atoms with Crippen molar-refractivity contribution in [2.24, 2.45) is 23.5 Å². The summed E-state index contributed by atoms with van der Waals surface area (Å²) in [6, 6.07) is 3.20. The van der Waals surface area contributed by atoms with Gasteiger partial charge < -0.3 is 31.5 Å². The van der Waals surface area contributed by atoms with Crippen molar-refractivity contribution >= 4 is 23.2 Å².